The topological polar surface area (TPSA) is 47.0 Å². The molecule has 0 aliphatic heterocycles. The highest BCUT2D eigenvalue weighted by molar-refractivity contribution is 9.10. The van der Waals surface area contributed by atoms with Gasteiger partial charge in [0.2, 0.25) is 0 Å². The molecule has 1 aromatic heterocycles. The molecule has 0 aliphatic carbocycles. The van der Waals surface area contributed by atoms with Gasteiger partial charge in [0.1, 0.15) is 0 Å². The van der Waals surface area contributed by atoms with Crippen LogP contribution in [0.25, 0.3) is 11.4 Å². The van der Waals surface area contributed by atoms with Crippen molar-refractivity contribution in [1.82, 2.24) is 15.3 Å². The number of ether oxygens (including phenoxy) is 1. The maximum atomic E-state index is 5.00. The number of nitrogens with zero attached hydrogens (tertiary/aromatic N) is 2. The fourth-order valence-corrected chi connectivity index (χ4v) is 2.49. The van der Waals surface area contributed by atoms with Crippen molar-refractivity contribution in [3.05, 3.63) is 46.2 Å². The first-order chi connectivity index (χ1) is 9.70. The highest BCUT2D eigenvalue weighted by Crippen LogP contribution is 2.26. The van der Waals surface area contributed by atoms with Crippen molar-refractivity contribution in [3.8, 4) is 11.4 Å². The third-order valence-corrected chi connectivity index (χ3v) is 3.52. The molecule has 1 aromatic carbocycles. The van der Waals surface area contributed by atoms with Crippen LogP contribution in [0.2, 0.25) is 0 Å². The van der Waals surface area contributed by atoms with E-state index in [-0.39, 0.29) is 0 Å². The van der Waals surface area contributed by atoms with E-state index in [1.54, 1.807) is 13.3 Å². The largest absolute Gasteiger partial charge is 0.383 e. The number of halogens is 1. The van der Waals surface area contributed by atoms with E-state index in [4.69, 9.17) is 4.74 Å². The molecular weight excluding hydrogens is 318 g/mol. The molecule has 106 valence electrons. The molecule has 4 nitrogen and oxygen atoms in total. The van der Waals surface area contributed by atoms with Crippen molar-refractivity contribution < 1.29 is 4.74 Å². The van der Waals surface area contributed by atoms with Crippen LogP contribution in [0.3, 0.4) is 0 Å². The Morgan fingerprint density at radius 1 is 1.30 bits per heavy atom. The van der Waals surface area contributed by atoms with Gasteiger partial charge in [-0.15, -0.1) is 0 Å². The molecule has 0 atom stereocenters. The molecule has 0 amide bonds. The van der Waals surface area contributed by atoms with E-state index in [1.165, 1.54) is 5.56 Å². The van der Waals surface area contributed by atoms with E-state index in [1.807, 2.05) is 12.1 Å². The minimum Gasteiger partial charge on any atom is -0.383 e. The quantitative estimate of drug-likeness (QED) is 0.824. The minimum absolute atomic E-state index is 0.696. The van der Waals surface area contributed by atoms with Gasteiger partial charge in [-0.25, -0.2) is 9.97 Å². The van der Waals surface area contributed by atoms with Crippen molar-refractivity contribution >= 4 is 15.9 Å². The maximum Gasteiger partial charge on any atom is 0.160 e. The normalized spacial score (nSPS) is 10.8. The van der Waals surface area contributed by atoms with Gasteiger partial charge in [-0.1, -0.05) is 22.0 Å². The molecule has 0 fully saturated rings. The van der Waals surface area contributed by atoms with Crippen molar-refractivity contribution in [2.24, 2.45) is 0 Å². The number of nitrogens with one attached hydrogen (secondary N) is 1. The zero-order valence-corrected chi connectivity index (χ0v) is 13.3. The molecule has 0 radical (unpaired) electrons. The van der Waals surface area contributed by atoms with Gasteiger partial charge in [-0.05, 0) is 30.7 Å². The highest BCUT2D eigenvalue weighted by Gasteiger charge is 2.07. The van der Waals surface area contributed by atoms with Crippen molar-refractivity contribution in [3.63, 3.8) is 0 Å². The standard InChI is InChI=1S/C15H18BrN3O/c1-11-3-4-13(14(16)9-11)15-18-6-5-12(19-15)10-17-7-8-20-2/h3-6,9,17H,7-8,10H2,1-2H3. The van der Waals surface area contributed by atoms with Crippen LogP contribution in [0.4, 0.5) is 0 Å². The molecule has 1 heterocycles. The Kier molecular flexibility index (Phi) is 5.64. The first-order valence-corrected chi connectivity index (χ1v) is 7.28. The molecule has 0 aliphatic rings. The van der Waals surface area contributed by atoms with Crippen molar-refractivity contribution in [2.45, 2.75) is 13.5 Å². The van der Waals surface area contributed by atoms with Gasteiger partial charge in [0, 0.05) is 36.4 Å². The van der Waals surface area contributed by atoms with Crippen LogP contribution in [0.15, 0.2) is 34.9 Å². The van der Waals surface area contributed by atoms with Gasteiger partial charge in [0.15, 0.2) is 5.82 Å². The summed E-state index contributed by atoms with van der Waals surface area (Å²) in [6.07, 6.45) is 1.79. The second kappa shape index (κ2) is 7.47. The average Bonchev–Trinajstić information content (AvgIpc) is 2.44. The van der Waals surface area contributed by atoms with Gasteiger partial charge >= 0.3 is 0 Å². The van der Waals surface area contributed by atoms with Crippen LogP contribution < -0.4 is 5.32 Å². The molecule has 0 bridgehead atoms. The predicted molar refractivity (Wildman–Crippen MR) is 83.5 cm³/mol. The van der Waals surface area contributed by atoms with E-state index < -0.39 is 0 Å². The number of aryl methyl sites for hydroxylation is 1. The van der Waals surface area contributed by atoms with Crippen LogP contribution in [0.5, 0.6) is 0 Å². The second-order valence-electron chi connectivity index (χ2n) is 4.52. The SMILES string of the molecule is COCCNCc1ccnc(-c2ccc(C)cc2Br)n1. The lowest BCUT2D eigenvalue weighted by molar-refractivity contribution is 0.199. The summed E-state index contributed by atoms with van der Waals surface area (Å²) in [7, 11) is 1.69. The summed E-state index contributed by atoms with van der Waals surface area (Å²) in [5.41, 5.74) is 3.19. The van der Waals surface area contributed by atoms with E-state index >= 15 is 0 Å². The Bertz CT molecular complexity index is 575. The predicted octanol–water partition coefficient (Wildman–Crippen LogP) is 2.95. The average molecular weight is 336 g/mol. The molecule has 1 N–H and O–H groups in total. The number of hydrogen-bond donors (Lipinski definition) is 1. The lowest BCUT2D eigenvalue weighted by Crippen LogP contribution is -2.19. The van der Waals surface area contributed by atoms with Gasteiger partial charge in [0.05, 0.1) is 12.3 Å². The smallest absolute Gasteiger partial charge is 0.160 e. The summed E-state index contributed by atoms with van der Waals surface area (Å²) in [6.45, 7) is 4.28. The molecule has 0 unspecified atom stereocenters. The number of rotatable bonds is 6. The Labute approximate surface area is 127 Å². The molecular formula is C15H18BrN3O. The summed E-state index contributed by atoms with van der Waals surface area (Å²) >= 11 is 3.57. The Balaban J connectivity index is 2.12. The number of aromatic nitrogens is 2. The fourth-order valence-electron chi connectivity index (χ4n) is 1.82. The highest BCUT2D eigenvalue weighted by atomic mass is 79.9. The summed E-state index contributed by atoms with van der Waals surface area (Å²) in [5, 5.41) is 3.28. The summed E-state index contributed by atoms with van der Waals surface area (Å²) < 4.78 is 6.01. The minimum atomic E-state index is 0.696. The van der Waals surface area contributed by atoms with E-state index in [9.17, 15) is 0 Å². The fraction of sp³-hybridized carbons (Fsp3) is 0.333. The zero-order valence-electron chi connectivity index (χ0n) is 11.7. The van der Waals surface area contributed by atoms with E-state index in [2.05, 4.69) is 50.3 Å². The van der Waals surface area contributed by atoms with Crippen molar-refractivity contribution in [1.29, 1.82) is 0 Å². The molecule has 20 heavy (non-hydrogen) atoms. The molecule has 0 spiro atoms. The molecule has 0 saturated carbocycles. The third kappa shape index (κ3) is 4.10. The molecule has 0 saturated heterocycles. The maximum absolute atomic E-state index is 5.00. The number of methoxy groups -OCH3 is 1. The number of benzene rings is 1. The summed E-state index contributed by atoms with van der Waals surface area (Å²) in [6, 6.07) is 8.09. The summed E-state index contributed by atoms with van der Waals surface area (Å²) in [5.74, 6) is 0.739. The van der Waals surface area contributed by atoms with Gasteiger partial charge in [0.25, 0.3) is 0 Å². The third-order valence-electron chi connectivity index (χ3n) is 2.87. The lowest BCUT2D eigenvalue weighted by atomic mass is 10.1. The van der Waals surface area contributed by atoms with Crippen LogP contribution in [-0.4, -0.2) is 30.2 Å². The van der Waals surface area contributed by atoms with Gasteiger partial charge in [-0.3, -0.25) is 0 Å². The van der Waals surface area contributed by atoms with Crippen LogP contribution >= 0.6 is 15.9 Å². The van der Waals surface area contributed by atoms with Crippen LogP contribution in [0, 0.1) is 6.92 Å². The molecule has 5 heteroatoms. The van der Waals surface area contributed by atoms with Crippen molar-refractivity contribution in [2.75, 3.05) is 20.3 Å². The van der Waals surface area contributed by atoms with E-state index in [0.717, 1.165) is 28.1 Å². The Morgan fingerprint density at radius 2 is 2.15 bits per heavy atom. The van der Waals surface area contributed by atoms with E-state index in [0.29, 0.717) is 13.2 Å². The lowest BCUT2D eigenvalue weighted by Gasteiger charge is -2.07. The molecule has 2 aromatic rings. The summed E-state index contributed by atoms with van der Waals surface area (Å²) in [4.78, 5) is 8.94. The van der Waals surface area contributed by atoms with Crippen LogP contribution in [-0.2, 0) is 11.3 Å². The van der Waals surface area contributed by atoms with Gasteiger partial charge in [-0.2, -0.15) is 0 Å². The number of hydrogen-bond acceptors (Lipinski definition) is 4. The first-order valence-electron chi connectivity index (χ1n) is 6.49. The second-order valence-corrected chi connectivity index (χ2v) is 5.38. The van der Waals surface area contributed by atoms with Gasteiger partial charge < -0.3 is 10.1 Å². The zero-order chi connectivity index (χ0) is 14.4. The molecule has 2 rings (SSSR count). The Morgan fingerprint density at radius 3 is 2.90 bits per heavy atom. The monoisotopic (exact) mass is 335 g/mol. The Hall–Kier alpha value is -1.30. The van der Waals surface area contributed by atoms with Crippen LogP contribution in [0.1, 0.15) is 11.3 Å². The first kappa shape index (κ1) is 15.1.